The van der Waals surface area contributed by atoms with Crippen molar-refractivity contribution in [3.63, 3.8) is 0 Å². The Hall–Kier alpha value is -0.760. The van der Waals surface area contributed by atoms with Gasteiger partial charge in [0.05, 0.1) is 12.4 Å². The molecular formula is C10H14O2. The van der Waals surface area contributed by atoms with Gasteiger partial charge in [-0.1, -0.05) is 6.92 Å². The molecule has 2 atom stereocenters. The summed E-state index contributed by atoms with van der Waals surface area (Å²) in [6.07, 6.45) is 3.28. The van der Waals surface area contributed by atoms with Crippen LogP contribution in [-0.2, 0) is 6.42 Å². The third kappa shape index (κ3) is 1.07. The number of hydrogen-bond acceptors (Lipinski definition) is 2. The fourth-order valence-corrected chi connectivity index (χ4v) is 2.01. The van der Waals surface area contributed by atoms with Crippen LogP contribution in [0.3, 0.4) is 0 Å². The normalized spacial score (nSPS) is 28.6. The fraction of sp³-hybridized carbons (Fsp3) is 0.600. The Bertz CT molecular complexity index is 288. The van der Waals surface area contributed by atoms with E-state index in [-0.39, 0.29) is 6.10 Å². The van der Waals surface area contributed by atoms with E-state index in [9.17, 15) is 5.11 Å². The minimum Gasteiger partial charge on any atom is -0.469 e. The van der Waals surface area contributed by atoms with E-state index >= 15 is 0 Å². The number of aryl methyl sites for hydroxylation is 1. The van der Waals surface area contributed by atoms with E-state index in [2.05, 4.69) is 6.92 Å². The average Bonchev–Trinajstić information content (AvgIpc) is 2.31. The lowest BCUT2D eigenvalue weighted by atomic mass is 9.86. The van der Waals surface area contributed by atoms with Gasteiger partial charge in [0, 0.05) is 12.0 Å². The van der Waals surface area contributed by atoms with E-state index in [1.807, 2.05) is 6.92 Å². The van der Waals surface area contributed by atoms with Gasteiger partial charge in [-0.3, -0.25) is 0 Å². The number of aliphatic hydroxyl groups excluding tert-OH is 1. The lowest BCUT2D eigenvalue weighted by molar-refractivity contribution is 0.131. The summed E-state index contributed by atoms with van der Waals surface area (Å²) in [4.78, 5) is 0. The molecule has 1 aliphatic rings. The third-order valence-corrected chi connectivity index (χ3v) is 2.60. The summed E-state index contributed by atoms with van der Waals surface area (Å²) < 4.78 is 5.37. The van der Waals surface area contributed by atoms with Crippen LogP contribution in [0, 0.1) is 12.8 Å². The Labute approximate surface area is 72.2 Å². The van der Waals surface area contributed by atoms with Crippen LogP contribution in [0.5, 0.6) is 0 Å². The van der Waals surface area contributed by atoms with Crippen LogP contribution < -0.4 is 0 Å². The molecule has 0 saturated carbocycles. The molecule has 0 spiro atoms. The molecule has 0 aromatic carbocycles. The summed E-state index contributed by atoms with van der Waals surface area (Å²) >= 11 is 0. The molecule has 0 fully saturated rings. The zero-order valence-electron chi connectivity index (χ0n) is 7.50. The molecule has 0 bridgehead atoms. The van der Waals surface area contributed by atoms with E-state index in [4.69, 9.17) is 4.42 Å². The van der Waals surface area contributed by atoms with Gasteiger partial charge in [0.1, 0.15) is 5.76 Å². The second kappa shape index (κ2) is 2.63. The van der Waals surface area contributed by atoms with E-state index in [0.717, 1.165) is 29.7 Å². The first-order valence-corrected chi connectivity index (χ1v) is 4.43. The molecule has 2 rings (SSSR count). The standard InChI is InChI=1S/C10H14O2/c1-6-3-8(11)10-7(2)5-12-9(10)4-6/h5-6,8,11H,3-4H2,1-2H3/t6-,8?/m0/s1. The van der Waals surface area contributed by atoms with Gasteiger partial charge in [0.25, 0.3) is 0 Å². The lowest BCUT2D eigenvalue weighted by Gasteiger charge is -2.22. The van der Waals surface area contributed by atoms with Gasteiger partial charge in [-0.2, -0.15) is 0 Å². The van der Waals surface area contributed by atoms with Crippen molar-refractivity contribution in [2.24, 2.45) is 5.92 Å². The van der Waals surface area contributed by atoms with Crippen LogP contribution in [-0.4, -0.2) is 5.11 Å². The highest BCUT2D eigenvalue weighted by molar-refractivity contribution is 5.31. The van der Waals surface area contributed by atoms with Crippen molar-refractivity contribution in [2.45, 2.75) is 32.8 Å². The van der Waals surface area contributed by atoms with Gasteiger partial charge < -0.3 is 9.52 Å². The summed E-state index contributed by atoms with van der Waals surface area (Å²) in [5.41, 5.74) is 2.12. The van der Waals surface area contributed by atoms with Crippen molar-refractivity contribution in [3.8, 4) is 0 Å². The minimum absolute atomic E-state index is 0.303. The molecule has 1 aromatic heterocycles. The second-order valence-electron chi connectivity index (χ2n) is 3.82. The number of rotatable bonds is 0. The molecule has 1 unspecified atom stereocenters. The molecule has 0 saturated heterocycles. The van der Waals surface area contributed by atoms with E-state index in [0.29, 0.717) is 5.92 Å². The van der Waals surface area contributed by atoms with Crippen LogP contribution in [0.2, 0.25) is 0 Å². The maximum Gasteiger partial charge on any atom is 0.110 e. The highest BCUT2D eigenvalue weighted by Crippen LogP contribution is 2.35. The highest BCUT2D eigenvalue weighted by Gasteiger charge is 2.27. The Morgan fingerprint density at radius 1 is 1.58 bits per heavy atom. The average molecular weight is 166 g/mol. The molecule has 1 aromatic rings. The van der Waals surface area contributed by atoms with Gasteiger partial charge in [-0.05, 0) is 24.8 Å². The molecule has 0 radical (unpaired) electrons. The molecule has 1 heterocycles. The Kier molecular flexibility index (Phi) is 1.72. The molecule has 2 nitrogen and oxygen atoms in total. The number of hydrogen-bond donors (Lipinski definition) is 1. The van der Waals surface area contributed by atoms with Gasteiger partial charge in [-0.15, -0.1) is 0 Å². The first-order chi connectivity index (χ1) is 5.68. The minimum atomic E-state index is -0.303. The molecule has 66 valence electrons. The summed E-state index contributed by atoms with van der Waals surface area (Å²) in [7, 11) is 0. The maximum atomic E-state index is 9.74. The molecular weight excluding hydrogens is 152 g/mol. The molecule has 0 aliphatic heterocycles. The smallest absolute Gasteiger partial charge is 0.110 e. The summed E-state index contributed by atoms with van der Waals surface area (Å²) in [6.45, 7) is 4.13. The highest BCUT2D eigenvalue weighted by atomic mass is 16.3. The predicted octanol–water partition coefficient (Wildman–Crippen LogP) is 2.20. The van der Waals surface area contributed by atoms with Crippen molar-refractivity contribution in [3.05, 3.63) is 23.2 Å². The molecule has 0 amide bonds. The van der Waals surface area contributed by atoms with Crippen LogP contribution in [0.15, 0.2) is 10.7 Å². The Balaban J connectivity index is 2.43. The van der Waals surface area contributed by atoms with Gasteiger partial charge in [0.2, 0.25) is 0 Å². The molecule has 12 heavy (non-hydrogen) atoms. The zero-order chi connectivity index (χ0) is 8.72. The largest absolute Gasteiger partial charge is 0.469 e. The number of furan rings is 1. The first kappa shape index (κ1) is 7.87. The third-order valence-electron chi connectivity index (χ3n) is 2.60. The summed E-state index contributed by atoms with van der Waals surface area (Å²) in [6, 6.07) is 0. The topological polar surface area (TPSA) is 33.4 Å². The van der Waals surface area contributed by atoms with Gasteiger partial charge in [-0.25, -0.2) is 0 Å². The van der Waals surface area contributed by atoms with E-state index in [1.54, 1.807) is 6.26 Å². The van der Waals surface area contributed by atoms with Crippen molar-refractivity contribution < 1.29 is 9.52 Å². The fourth-order valence-electron chi connectivity index (χ4n) is 2.01. The Morgan fingerprint density at radius 2 is 2.33 bits per heavy atom. The predicted molar refractivity (Wildman–Crippen MR) is 45.9 cm³/mol. The number of aliphatic hydroxyl groups is 1. The van der Waals surface area contributed by atoms with Crippen LogP contribution in [0.1, 0.15) is 36.3 Å². The lowest BCUT2D eigenvalue weighted by Crippen LogP contribution is -2.15. The first-order valence-electron chi connectivity index (χ1n) is 4.43. The van der Waals surface area contributed by atoms with Crippen molar-refractivity contribution in [2.75, 3.05) is 0 Å². The molecule has 2 heteroatoms. The monoisotopic (exact) mass is 166 g/mol. The van der Waals surface area contributed by atoms with E-state index in [1.165, 1.54) is 0 Å². The van der Waals surface area contributed by atoms with Crippen LogP contribution in [0.4, 0.5) is 0 Å². The quantitative estimate of drug-likeness (QED) is 0.641. The summed E-state index contributed by atoms with van der Waals surface area (Å²) in [5, 5.41) is 9.74. The van der Waals surface area contributed by atoms with Crippen molar-refractivity contribution >= 4 is 0 Å². The molecule has 1 aliphatic carbocycles. The Morgan fingerprint density at radius 3 is 3.08 bits per heavy atom. The van der Waals surface area contributed by atoms with Crippen LogP contribution in [0.25, 0.3) is 0 Å². The van der Waals surface area contributed by atoms with Gasteiger partial charge >= 0.3 is 0 Å². The second-order valence-corrected chi connectivity index (χ2v) is 3.82. The summed E-state index contributed by atoms with van der Waals surface area (Å²) in [5.74, 6) is 1.52. The van der Waals surface area contributed by atoms with Crippen LogP contribution >= 0.6 is 0 Å². The maximum absolute atomic E-state index is 9.74. The zero-order valence-corrected chi connectivity index (χ0v) is 7.50. The van der Waals surface area contributed by atoms with Gasteiger partial charge in [0.15, 0.2) is 0 Å². The van der Waals surface area contributed by atoms with Crippen molar-refractivity contribution in [1.82, 2.24) is 0 Å². The number of fused-ring (bicyclic) bond motifs is 1. The van der Waals surface area contributed by atoms with Crippen molar-refractivity contribution in [1.29, 1.82) is 0 Å². The van der Waals surface area contributed by atoms with E-state index < -0.39 is 0 Å². The molecule has 1 N–H and O–H groups in total. The SMILES string of the molecule is Cc1coc2c1C(O)C[C@H](C)C2.